The Morgan fingerprint density at radius 1 is 1.00 bits per heavy atom. The minimum atomic E-state index is -1.31. The second-order valence-electron chi connectivity index (χ2n) is 3.96. The Labute approximate surface area is 126 Å². The van der Waals surface area contributed by atoms with E-state index in [-0.39, 0.29) is 5.34 Å². The van der Waals surface area contributed by atoms with Gasteiger partial charge in [0, 0.05) is 0 Å². The van der Waals surface area contributed by atoms with Crippen molar-refractivity contribution >= 4 is 41.0 Å². The number of carbonyl (C=O) groups excluding carboxylic acids is 3. The van der Waals surface area contributed by atoms with E-state index >= 15 is 0 Å². The van der Waals surface area contributed by atoms with Gasteiger partial charge in [-0.3, -0.25) is 20.2 Å². The topological polar surface area (TPSA) is 75.3 Å². The highest BCUT2D eigenvalue weighted by molar-refractivity contribution is 6.40. The van der Waals surface area contributed by atoms with E-state index in [9.17, 15) is 14.4 Å². The zero-order chi connectivity index (χ0) is 15.2. The summed E-state index contributed by atoms with van der Waals surface area (Å²) in [7, 11) is 0. The fourth-order valence-corrected chi connectivity index (χ4v) is 2.06. The molecule has 1 aliphatic heterocycles. The number of amides is 4. The molecule has 0 bridgehead atoms. The number of halogens is 2. The molecule has 7 heteroatoms. The molecule has 0 unspecified atom stereocenters. The molecule has 0 spiro atoms. The highest BCUT2D eigenvalue weighted by Gasteiger charge is 2.50. The first-order valence-corrected chi connectivity index (χ1v) is 6.94. The summed E-state index contributed by atoms with van der Waals surface area (Å²) in [6.45, 7) is 1.74. The molecule has 0 aliphatic carbocycles. The number of barbiturate groups is 1. The van der Waals surface area contributed by atoms with E-state index in [0.717, 1.165) is 0 Å². The average molecular weight is 317 g/mol. The Bertz CT molecular complexity index is 486. The number of hydrogen-bond donors (Lipinski definition) is 2. The van der Waals surface area contributed by atoms with Crippen LogP contribution in [0.2, 0.25) is 0 Å². The van der Waals surface area contributed by atoms with Crippen LogP contribution in [0.15, 0.2) is 30.3 Å². The highest BCUT2D eigenvalue weighted by atomic mass is 35.5. The molecule has 1 heterocycles. The Morgan fingerprint density at radius 3 is 1.85 bits per heavy atom. The van der Waals surface area contributed by atoms with Crippen LogP contribution in [0.5, 0.6) is 0 Å². The zero-order valence-corrected chi connectivity index (χ0v) is 12.3. The summed E-state index contributed by atoms with van der Waals surface area (Å²) < 4.78 is 0. The summed E-state index contributed by atoms with van der Waals surface area (Å²) in [6.07, 6.45) is 0.294. The lowest BCUT2D eigenvalue weighted by atomic mass is 9.75. The molecule has 1 aromatic rings. The van der Waals surface area contributed by atoms with Gasteiger partial charge in [-0.15, -0.1) is 23.2 Å². The third-order valence-electron chi connectivity index (χ3n) is 3.03. The number of benzene rings is 1. The first kappa shape index (κ1) is 16.5. The van der Waals surface area contributed by atoms with Gasteiger partial charge in [-0.1, -0.05) is 37.3 Å². The Kier molecular flexibility index (Phi) is 5.98. The lowest BCUT2D eigenvalue weighted by Crippen LogP contribution is -2.64. The Balaban J connectivity index is 0.000000612. The summed E-state index contributed by atoms with van der Waals surface area (Å²) >= 11 is 9.53. The molecule has 2 N–H and O–H groups in total. The van der Waals surface area contributed by atoms with E-state index in [4.69, 9.17) is 23.2 Å². The summed E-state index contributed by atoms with van der Waals surface area (Å²) in [5, 5.41) is 4.47. The molecular weight excluding hydrogens is 303 g/mol. The van der Waals surface area contributed by atoms with Crippen LogP contribution in [0.25, 0.3) is 0 Å². The molecule has 1 aliphatic rings. The van der Waals surface area contributed by atoms with Crippen molar-refractivity contribution in [2.45, 2.75) is 18.8 Å². The van der Waals surface area contributed by atoms with Crippen molar-refractivity contribution in [1.29, 1.82) is 0 Å². The molecule has 20 heavy (non-hydrogen) atoms. The average Bonchev–Trinajstić information content (AvgIpc) is 2.41. The van der Waals surface area contributed by atoms with Crippen LogP contribution >= 0.6 is 23.2 Å². The van der Waals surface area contributed by atoms with E-state index < -0.39 is 23.3 Å². The standard InChI is InChI=1S/C12H12N2O3.CH2Cl2/c1-2-12(8-6-4-3-5-7-8)9(15)13-11(17)14-10(12)16;2-1-3/h3-7H,2H2,1H3,(H2,13,14,15,16,17);1H2. The van der Waals surface area contributed by atoms with Gasteiger partial charge in [-0.25, -0.2) is 4.79 Å². The molecule has 108 valence electrons. The lowest BCUT2D eigenvalue weighted by Gasteiger charge is -2.33. The van der Waals surface area contributed by atoms with Crippen molar-refractivity contribution in [3.63, 3.8) is 0 Å². The van der Waals surface area contributed by atoms with E-state index in [2.05, 4.69) is 10.6 Å². The fourth-order valence-electron chi connectivity index (χ4n) is 2.06. The predicted molar refractivity (Wildman–Crippen MR) is 76.7 cm³/mol. The van der Waals surface area contributed by atoms with Gasteiger partial charge in [0.1, 0.15) is 0 Å². The molecule has 0 aromatic heterocycles. The predicted octanol–water partition coefficient (Wildman–Crippen LogP) is 2.12. The number of nitrogens with one attached hydrogen (secondary N) is 2. The molecule has 0 atom stereocenters. The van der Waals surface area contributed by atoms with Crippen LogP contribution in [0.4, 0.5) is 4.79 Å². The van der Waals surface area contributed by atoms with Crippen molar-refractivity contribution in [3.05, 3.63) is 35.9 Å². The Hall–Kier alpha value is -1.59. The second kappa shape index (κ2) is 7.26. The van der Waals surface area contributed by atoms with Crippen molar-refractivity contribution in [2.75, 3.05) is 5.34 Å². The largest absolute Gasteiger partial charge is 0.328 e. The zero-order valence-electron chi connectivity index (χ0n) is 10.8. The van der Waals surface area contributed by atoms with Gasteiger partial charge in [0.2, 0.25) is 11.8 Å². The van der Waals surface area contributed by atoms with Crippen LogP contribution in [0.1, 0.15) is 18.9 Å². The van der Waals surface area contributed by atoms with Gasteiger partial charge in [0.25, 0.3) is 0 Å². The third kappa shape index (κ3) is 3.11. The molecule has 1 saturated heterocycles. The van der Waals surface area contributed by atoms with Crippen molar-refractivity contribution in [2.24, 2.45) is 0 Å². The van der Waals surface area contributed by atoms with E-state index in [1.54, 1.807) is 37.3 Å². The molecule has 1 aromatic carbocycles. The van der Waals surface area contributed by atoms with Gasteiger partial charge in [-0.2, -0.15) is 0 Å². The van der Waals surface area contributed by atoms with Crippen molar-refractivity contribution in [3.8, 4) is 0 Å². The van der Waals surface area contributed by atoms with Gasteiger partial charge in [0.05, 0.1) is 5.34 Å². The number of hydrogen-bond acceptors (Lipinski definition) is 3. The van der Waals surface area contributed by atoms with Gasteiger partial charge in [0.15, 0.2) is 5.41 Å². The number of urea groups is 1. The minimum absolute atomic E-state index is 0.194. The SMILES string of the molecule is CCC1(c2ccccc2)C(=O)NC(=O)NC1=O.ClCCl. The number of imide groups is 2. The molecular formula is C13H14Cl2N2O3. The lowest BCUT2D eigenvalue weighted by molar-refractivity contribution is -0.138. The molecule has 0 saturated carbocycles. The van der Waals surface area contributed by atoms with Gasteiger partial charge < -0.3 is 0 Å². The fraction of sp³-hybridized carbons (Fsp3) is 0.308. The maximum absolute atomic E-state index is 12.0. The van der Waals surface area contributed by atoms with Gasteiger partial charge >= 0.3 is 6.03 Å². The van der Waals surface area contributed by atoms with E-state index in [1.165, 1.54) is 0 Å². The molecule has 0 radical (unpaired) electrons. The van der Waals surface area contributed by atoms with Crippen LogP contribution in [0, 0.1) is 0 Å². The van der Waals surface area contributed by atoms with Crippen LogP contribution < -0.4 is 10.6 Å². The van der Waals surface area contributed by atoms with Crippen LogP contribution in [-0.4, -0.2) is 23.2 Å². The molecule has 2 rings (SSSR count). The normalized spacial score (nSPS) is 16.6. The van der Waals surface area contributed by atoms with Crippen molar-refractivity contribution < 1.29 is 14.4 Å². The first-order chi connectivity index (χ1) is 9.52. The van der Waals surface area contributed by atoms with E-state index in [0.29, 0.717) is 12.0 Å². The van der Waals surface area contributed by atoms with Crippen LogP contribution in [-0.2, 0) is 15.0 Å². The third-order valence-corrected chi connectivity index (χ3v) is 3.03. The number of rotatable bonds is 2. The molecule has 1 fully saturated rings. The molecule has 4 amide bonds. The summed E-state index contributed by atoms with van der Waals surface area (Å²) in [5.41, 5.74) is -0.722. The van der Waals surface area contributed by atoms with E-state index in [1.807, 2.05) is 0 Å². The Morgan fingerprint density at radius 2 is 1.45 bits per heavy atom. The smallest absolute Gasteiger partial charge is 0.277 e. The quantitative estimate of drug-likeness (QED) is 0.648. The van der Waals surface area contributed by atoms with Crippen LogP contribution in [0.3, 0.4) is 0 Å². The number of alkyl halides is 2. The summed E-state index contributed by atoms with van der Waals surface area (Å²) in [4.78, 5) is 35.0. The highest BCUT2D eigenvalue weighted by Crippen LogP contribution is 2.30. The van der Waals surface area contributed by atoms with Crippen molar-refractivity contribution in [1.82, 2.24) is 10.6 Å². The maximum Gasteiger partial charge on any atom is 0.328 e. The first-order valence-electron chi connectivity index (χ1n) is 5.87. The number of carbonyl (C=O) groups is 3. The monoisotopic (exact) mass is 316 g/mol. The summed E-state index contributed by atoms with van der Waals surface area (Å²) in [6, 6.07) is 7.96. The maximum atomic E-state index is 12.0. The summed E-state index contributed by atoms with van der Waals surface area (Å²) in [5.74, 6) is -1.14. The van der Waals surface area contributed by atoms with Gasteiger partial charge in [-0.05, 0) is 12.0 Å². The minimum Gasteiger partial charge on any atom is -0.277 e. The molecule has 5 nitrogen and oxygen atoms in total. The second-order valence-corrected chi connectivity index (χ2v) is 4.77.